The van der Waals surface area contributed by atoms with E-state index >= 15 is 0 Å². The van der Waals surface area contributed by atoms with E-state index in [4.69, 9.17) is 5.84 Å². The summed E-state index contributed by atoms with van der Waals surface area (Å²) in [6.45, 7) is 0. The molecule has 2 N–H and O–H groups in total. The van der Waals surface area contributed by atoms with Gasteiger partial charge in [0.15, 0.2) is 0 Å². The fourth-order valence-electron chi connectivity index (χ4n) is 1.56. The molecule has 74 valence electrons. The van der Waals surface area contributed by atoms with Crippen molar-refractivity contribution in [3.63, 3.8) is 0 Å². The number of amides is 1. The molecular weight excluding hydrogens is 176 g/mol. The first-order valence-corrected chi connectivity index (χ1v) is 4.92. The van der Waals surface area contributed by atoms with Gasteiger partial charge in [-0.3, -0.25) is 9.80 Å². The van der Waals surface area contributed by atoms with Crippen LogP contribution in [-0.4, -0.2) is 17.0 Å². The number of nitrogens with zero attached hydrogens (tertiary/aromatic N) is 1. The number of carbonyl (C=O) groups excluding carboxylic acids is 1. The molecule has 0 spiro atoms. The Kier molecular flexibility index (Phi) is 2.50. The topological polar surface area (TPSA) is 46.3 Å². The number of nitrogens with two attached hydrogens (primary N) is 1. The molecule has 14 heavy (non-hydrogen) atoms. The van der Waals surface area contributed by atoms with Gasteiger partial charge in [-0.25, -0.2) is 5.84 Å². The molecule has 3 heteroatoms. The van der Waals surface area contributed by atoms with Gasteiger partial charge in [-0.05, 0) is 31.4 Å². The van der Waals surface area contributed by atoms with Crippen LogP contribution in [0.25, 0.3) is 0 Å². The Labute approximate surface area is 83.5 Å². The van der Waals surface area contributed by atoms with Gasteiger partial charge in [-0.15, -0.1) is 0 Å². The van der Waals surface area contributed by atoms with E-state index in [0.717, 1.165) is 12.8 Å². The van der Waals surface area contributed by atoms with Crippen LogP contribution in [0.4, 0.5) is 0 Å². The van der Waals surface area contributed by atoms with Gasteiger partial charge in [-0.2, -0.15) is 0 Å². The zero-order valence-corrected chi connectivity index (χ0v) is 8.02. The van der Waals surface area contributed by atoms with Crippen LogP contribution in [0, 0.1) is 0 Å². The lowest BCUT2D eigenvalue weighted by atomic mass is 9.92. The monoisotopic (exact) mass is 190 g/mol. The maximum absolute atomic E-state index is 11.8. The fourth-order valence-corrected chi connectivity index (χ4v) is 1.56. The van der Waals surface area contributed by atoms with E-state index in [1.54, 1.807) is 12.1 Å². The van der Waals surface area contributed by atoms with Crippen molar-refractivity contribution in [2.24, 2.45) is 5.84 Å². The van der Waals surface area contributed by atoms with Crippen LogP contribution in [0.2, 0.25) is 0 Å². The van der Waals surface area contributed by atoms with Crippen LogP contribution in [-0.2, 0) is 0 Å². The molecule has 1 fully saturated rings. The first-order chi connectivity index (χ1) is 6.79. The van der Waals surface area contributed by atoms with Gasteiger partial charge in [0.1, 0.15) is 0 Å². The highest BCUT2D eigenvalue weighted by Gasteiger charge is 2.26. The molecule has 1 aromatic rings. The third-order valence-electron chi connectivity index (χ3n) is 2.72. The number of hydrogen-bond donors (Lipinski definition) is 1. The first-order valence-electron chi connectivity index (χ1n) is 4.92. The molecule has 0 atom stereocenters. The van der Waals surface area contributed by atoms with E-state index < -0.39 is 0 Å². The maximum atomic E-state index is 11.8. The Hall–Kier alpha value is -1.35. The molecule has 0 aliphatic heterocycles. The number of rotatable bonds is 2. The molecule has 0 bridgehead atoms. The van der Waals surface area contributed by atoms with Crippen molar-refractivity contribution < 1.29 is 4.79 Å². The summed E-state index contributed by atoms with van der Waals surface area (Å²) in [6.07, 6.45) is 3.25. The summed E-state index contributed by atoms with van der Waals surface area (Å²) in [5.41, 5.74) is 0.668. The molecule has 0 unspecified atom stereocenters. The molecule has 2 rings (SSSR count). The van der Waals surface area contributed by atoms with E-state index in [2.05, 4.69) is 0 Å². The smallest absolute Gasteiger partial charge is 0.268 e. The minimum atomic E-state index is -0.0738. The molecular formula is C11H14N2O. The second-order valence-corrected chi connectivity index (χ2v) is 3.66. The summed E-state index contributed by atoms with van der Waals surface area (Å²) < 4.78 is 0. The lowest BCUT2D eigenvalue weighted by molar-refractivity contribution is 0.0579. The number of benzene rings is 1. The van der Waals surface area contributed by atoms with Gasteiger partial charge in [0.2, 0.25) is 0 Å². The zero-order chi connectivity index (χ0) is 9.97. The summed E-state index contributed by atoms with van der Waals surface area (Å²) in [6, 6.07) is 9.43. The molecule has 1 aliphatic carbocycles. The second-order valence-electron chi connectivity index (χ2n) is 3.66. The standard InChI is InChI=1S/C11H14N2O/c12-13(10-7-4-8-10)11(14)9-5-2-1-3-6-9/h1-3,5-6,10H,4,7-8,12H2. The van der Waals surface area contributed by atoms with Crippen molar-refractivity contribution in [1.29, 1.82) is 0 Å². The predicted octanol–water partition coefficient (Wildman–Crippen LogP) is 1.56. The van der Waals surface area contributed by atoms with E-state index in [1.807, 2.05) is 18.2 Å². The largest absolute Gasteiger partial charge is 0.274 e. The average molecular weight is 190 g/mol. The third kappa shape index (κ3) is 1.63. The first kappa shape index (κ1) is 9.21. The number of hydrogen-bond acceptors (Lipinski definition) is 2. The third-order valence-corrected chi connectivity index (χ3v) is 2.72. The Bertz CT molecular complexity index is 319. The molecule has 0 saturated heterocycles. The molecule has 1 amide bonds. The van der Waals surface area contributed by atoms with Crippen LogP contribution >= 0.6 is 0 Å². The minimum absolute atomic E-state index is 0.0738. The van der Waals surface area contributed by atoms with Gasteiger partial charge in [0.25, 0.3) is 5.91 Å². The lowest BCUT2D eigenvalue weighted by Crippen LogP contribution is -2.48. The summed E-state index contributed by atoms with van der Waals surface area (Å²) >= 11 is 0. The van der Waals surface area contributed by atoms with E-state index in [9.17, 15) is 4.79 Å². The molecule has 1 aliphatic rings. The second kappa shape index (κ2) is 3.80. The van der Waals surface area contributed by atoms with Crippen molar-refractivity contribution in [1.82, 2.24) is 5.01 Å². The van der Waals surface area contributed by atoms with E-state index in [-0.39, 0.29) is 11.9 Å². The van der Waals surface area contributed by atoms with Crippen molar-refractivity contribution >= 4 is 5.91 Å². The summed E-state index contributed by atoms with van der Waals surface area (Å²) in [5, 5.41) is 1.37. The zero-order valence-electron chi connectivity index (χ0n) is 8.02. The van der Waals surface area contributed by atoms with Gasteiger partial charge in [-0.1, -0.05) is 18.2 Å². The number of carbonyl (C=O) groups is 1. The summed E-state index contributed by atoms with van der Waals surface area (Å²) in [4.78, 5) is 11.8. The molecule has 0 heterocycles. The lowest BCUT2D eigenvalue weighted by Gasteiger charge is -2.33. The molecule has 1 aromatic carbocycles. The Morgan fingerprint density at radius 1 is 1.29 bits per heavy atom. The van der Waals surface area contributed by atoms with Crippen LogP contribution < -0.4 is 5.84 Å². The van der Waals surface area contributed by atoms with Gasteiger partial charge in [0, 0.05) is 11.6 Å². The van der Waals surface area contributed by atoms with Crippen molar-refractivity contribution in [3.8, 4) is 0 Å². The Morgan fingerprint density at radius 2 is 1.93 bits per heavy atom. The summed E-state index contributed by atoms with van der Waals surface area (Å²) in [5.74, 6) is 5.66. The van der Waals surface area contributed by atoms with E-state index in [1.165, 1.54) is 11.4 Å². The molecule has 0 aromatic heterocycles. The summed E-state index contributed by atoms with van der Waals surface area (Å²) in [7, 11) is 0. The SMILES string of the molecule is NN(C(=O)c1ccccc1)C1CCC1. The van der Waals surface area contributed by atoms with Crippen LogP contribution in [0.1, 0.15) is 29.6 Å². The average Bonchev–Trinajstić information content (AvgIpc) is 2.15. The minimum Gasteiger partial charge on any atom is -0.274 e. The van der Waals surface area contributed by atoms with E-state index in [0.29, 0.717) is 5.56 Å². The quantitative estimate of drug-likeness (QED) is 0.437. The highest BCUT2D eigenvalue weighted by atomic mass is 16.2. The molecule has 0 radical (unpaired) electrons. The Morgan fingerprint density at radius 3 is 2.43 bits per heavy atom. The fraction of sp³-hybridized carbons (Fsp3) is 0.364. The van der Waals surface area contributed by atoms with Crippen molar-refractivity contribution in [2.75, 3.05) is 0 Å². The molecule has 1 saturated carbocycles. The maximum Gasteiger partial charge on any atom is 0.268 e. The van der Waals surface area contributed by atoms with Crippen molar-refractivity contribution in [2.45, 2.75) is 25.3 Å². The van der Waals surface area contributed by atoms with Crippen LogP contribution in [0.3, 0.4) is 0 Å². The normalized spacial score (nSPS) is 16.1. The molecule has 3 nitrogen and oxygen atoms in total. The highest BCUT2D eigenvalue weighted by Crippen LogP contribution is 2.23. The van der Waals surface area contributed by atoms with Crippen LogP contribution in [0.5, 0.6) is 0 Å². The predicted molar refractivity (Wildman–Crippen MR) is 54.4 cm³/mol. The van der Waals surface area contributed by atoms with Gasteiger partial charge in [0.05, 0.1) is 0 Å². The van der Waals surface area contributed by atoms with Gasteiger partial charge < -0.3 is 0 Å². The highest BCUT2D eigenvalue weighted by molar-refractivity contribution is 5.94. The van der Waals surface area contributed by atoms with Crippen molar-refractivity contribution in [3.05, 3.63) is 35.9 Å². The van der Waals surface area contributed by atoms with Crippen LogP contribution in [0.15, 0.2) is 30.3 Å². The number of hydrazine groups is 1. The van der Waals surface area contributed by atoms with Gasteiger partial charge >= 0.3 is 0 Å². The Balaban J connectivity index is 2.07.